The molecule has 1 aliphatic carbocycles. The summed E-state index contributed by atoms with van der Waals surface area (Å²) < 4.78 is 5.32. The number of aliphatic hydroxyl groups is 1. The first-order valence-electron chi connectivity index (χ1n) is 5.66. The summed E-state index contributed by atoms with van der Waals surface area (Å²) in [5, 5.41) is 10.6. The first-order chi connectivity index (χ1) is 6.91. The first kappa shape index (κ1) is 10.7. The second-order valence-electron chi connectivity index (χ2n) is 5.81. The monoisotopic (exact) mass is 208 g/mol. The van der Waals surface area contributed by atoms with Gasteiger partial charge < -0.3 is 9.52 Å². The van der Waals surface area contributed by atoms with E-state index in [1.165, 1.54) is 0 Å². The molecule has 2 nitrogen and oxygen atoms in total. The molecule has 0 spiro atoms. The molecule has 1 N–H and O–H groups in total. The van der Waals surface area contributed by atoms with Gasteiger partial charge in [0.15, 0.2) is 0 Å². The molecule has 84 valence electrons. The van der Waals surface area contributed by atoms with Crippen LogP contribution in [0.15, 0.2) is 22.8 Å². The third kappa shape index (κ3) is 2.10. The standard InChI is InChI=1S/C13H20O2/c1-10-7-12(2,3)9-13(10,14)8-11-5-4-6-15-11/h4-6,10,14H,7-9H2,1-3H3. The Morgan fingerprint density at radius 1 is 1.53 bits per heavy atom. The van der Waals surface area contributed by atoms with E-state index < -0.39 is 5.60 Å². The maximum Gasteiger partial charge on any atom is 0.106 e. The third-order valence-corrected chi connectivity index (χ3v) is 3.62. The Labute approximate surface area is 91.3 Å². The van der Waals surface area contributed by atoms with Crippen LogP contribution in [0.5, 0.6) is 0 Å². The molecule has 1 aromatic heterocycles. The Kier molecular flexibility index (Phi) is 2.42. The predicted octanol–water partition coefficient (Wildman–Crippen LogP) is 3.01. The van der Waals surface area contributed by atoms with Gasteiger partial charge in [-0.2, -0.15) is 0 Å². The molecular weight excluding hydrogens is 188 g/mol. The Morgan fingerprint density at radius 3 is 2.73 bits per heavy atom. The van der Waals surface area contributed by atoms with Gasteiger partial charge in [0.2, 0.25) is 0 Å². The SMILES string of the molecule is CC1CC(C)(C)CC1(O)Cc1ccco1. The molecule has 1 saturated carbocycles. The number of hydrogen-bond donors (Lipinski definition) is 1. The van der Waals surface area contributed by atoms with Gasteiger partial charge >= 0.3 is 0 Å². The Morgan fingerprint density at radius 2 is 2.27 bits per heavy atom. The van der Waals surface area contributed by atoms with Crippen molar-refractivity contribution in [3.63, 3.8) is 0 Å². The van der Waals surface area contributed by atoms with E-state index in [1.807, 2.05) is 12.1 Å². The van der Waals surface area contributed by atoms with Crippen LogP contribution in [-0.4, -0.2) is 10.7 Å². The van der Waals surface area contributed by atoms with Crippen molar-refractivity contribution in [1.82, 2.24) is 0 Å². The summed E-state index contributed by atoms with van der Waals surface area (Å²) in [7, 11) is 0. The molecule has 0 aromatic carbocycles. The van der Waals surface area contributed by atoms with Gasteiger partial charge in [0, 0.05) is 6.42 Å². The maximum absolute atomic E-state index is 10.6. The largest absolute Gasteiger partial charge is 0.469 e. The Bertz CT molecular complexity index is 326. The van der Waals surface area contributed by atoms with Gasteiger partial charge in [-0.25, -0.2) is 0 Å². The van der Waals surface area contributed by atoms with Crippen molar-refractivity contribution in [2.24, 2.45) is 11.3 Å². The van der Waals surface area contributed by atoms with Gasteiger partial charge in [0.05, 0.1) is 11.9 Å². The zero-order chi connectivity index (χ0) is 11.1. The van der Waals surface area contributed by atoms with Gasteiger partial charge in [-0.3, -0.25) is 0 Å². The van der Waals surface area contributed by atoms with Crippen LogP contribution in [-0.2, 0) is 6.42 Å². The maximum atomic E-state index is 10.6. The topological polar surface area (TPSA) is 33.4 Å². The minimum Gasteiger partial charge on any atom is -0.469 e. The Balaban J connectivity index is 2.14. The summed E-state index contributed by atoms with van der Waals surface area (Å²) in [6.45, 7) is 6.59. The van der Waals surface area contributed by atoms with Crippen LogP contribution in [0.25, 0.3) is 0 Å². The van der Waals surface area contributed by atoms with Crippen molar-refractivity contribution in [1.29, 1.82) is 0 Å². The van der Waals surface area contributed by atoms with E-state index in [0.29, 0.717) is 12.3 Å². The molecule has 0 radical (unpaired) electrons. The molecule has 1 heterocycles. The van der Waals surface area contributed by atoms with E-state index in [0.717, 1.165) is 18.6 Å². The highest BCUT2D eigenvalue weighted by Crippen LogP contribution is 2.48. The van der Waals surface area contributed by atoms with Gasteiger partial charge in [-0.1, -0.05) is 20.8 Å². The second-order valence-corrected chi connectivity index (χ2v) is 5.81. The van der Waals surface area contributed by atoms with Gasteiger partial charge in [0.1, 0.15) is 5.76 Å². The van der Waals surface area contributed by atoms with Crippen molar-refractivity contribution < 1.29 is 9.52 Å². The van der Waals surface area contributed by atoms with Crippen molar-refractivity contribution in [3.05, 3.63) is 24.2 Å². The highest BCUT2D eigenvalue weighted by atomic mass is 16.3. The summed E-state index contributed by atoms with van der Waals surface area (Å²) >= 11 is 0. The molecule has 0 aliphatic heterocycles. The quantitative estimate of drug-likeness (QED) is 0.810. The van der Waals surface area contributed by atoms with Gasteiger partial charge in [-0.15, -0.1) is 0 Å². The fourth-order valence-electron chi connectivity index (χ4n) is 3.05. The van der Waals surface area contributed by atoms with E-state index >= 15 is 0 Å². The zero-order valence-electron chi connectivity index (χ0n) is 9.79. The van der Waals surface area contributed by atoms with Crippen LogP contribution in [0.3, 0.4) is 0 Å². The molecular formula is C13H20O2. The summed E-state index contributed by atoms with van der Waals surface area (Å²) in [6, 6.07) is 3.82. The molecule has 1 fully saturated rings. The van der Waals surface area contributed by atoms with Crippen LogP contribution in [0.1, 0.15) is 39.4 Å². The molecule has 1 aliphatic rings. The van der Waals surface area contributed by atoms with E-state index in [1.54, 1.807) is 6.26 Å². The lowest BCUT2D eigenvalue weighted by molar-refractivity contribution is 0.000178. The fraction of sp³-hybridized carbons (Fsp3) is 0.692. The molecule has 15 heavy (non-hydrogen) atoms. The van der Waals surface area contributed by atoms with Crippen molar-refractivity contribution in [2.75, 3.05) is 0 Å². The highest BCUT2D eigenvalue weighted by molar-refractivity contribution is 5.08. The average Bonchev–Trinajstić information content (AvgIpc) is 2.59. The minimum atomic E-state index is -0.582. The van der Waals surface area contributed by atoms with Crippen LogP contribution < -0.4 is 0 Å². The highest BCUT2D eigenvalue weighted by Gasteiger charge is 2.47. The molecule has 2 rings (SSSR count). The molecule has 2 unspecified atom stereocenters. The lowest BCUT2D eigenvalue weighted by atomic mass is 9.86. The van der Waals surface area contributed by atoms with Crippen LogP contribution in [0.2, 0.25) is 0 Å². The Hall–Kier alpha value is -0.760. The number of hydrogen-bond acceptors (Lipinski definition) is 2. The summed E-state index contributed by atoms with van der Waals surface area (Å²) in [6.07, 6.45) is 4.26. The van der Waals surface area contributed by atoms with Crippen molar-refractivity contribution in [3.8, 4) is 0 Å². The lowest BCUT2D eigenvalue weighted by Crippen LogP contribution is -2.34. The average molecular weight is 208 g/mol. The van der Waals surface area contributed by atoms with Gasteiger partial charge in [-0.05, 0) is 36.3 Å². The van der Waals surface area contributed by atoms with E-state index in [4.69, 9.17) is 4.42 Å². The minimum absolute atomic E-state index is 0.251. The van der Waals surface area contributed by atoms with Crippen LogP contribution in [0, 0.1) is 11.3 Å². The molecule has 2 atom stereocenters. The fourth-order valence-corrected chi connectivity index (χ4v) is 3.05. The van der Waals surface area contributed by atoms with Crippen LogP contribution >= 0.6 is 0 Å². The van der Waals surface area contributed by atoms with E-state index in [9.17, 15) is 5.11 Å². The summed E-state index contributed by atoms with van der Waals surface area (Å²) in [4.78, 5) is 0. The first-order valence-corrected chi connectivity index (χ1v) is 5.66. The number of rotatable bonds is 2. The lowest BCUT2D eigenvalue weighted by Gasteiger charge is -2.27. The molecule has 2 heteroatoms. The van der Waals surface area contributed by atoms with E-state index in [-0.39, 0.29) is 5.41 Å². The normalized spacial score (nSPS) is 34.5. The van der Waals surface area contributed by atoms with E-state index in [2.05, 4.69) is 20.8 Å². The van der Waals surface area contributed by atoms with Crippen molar-refractivity contribution >= 4 is 0 Å². The molecule has 0 amide bonds. The van der Waals surface area contributed by atoms with Crippen LogP contribution in [0.4, 0.5) is 0 Å². The second kappa shape index (κ2) is 3.38. The molecule has 1 aromatic rings. The molecule has 0 bridgehead atoms. The number of furan rings is 1. The molecule has 0 saturated heterocycles. The summed E-state index contributed by atoms with van der Waals surface area (Å²) in [5.74, 6) is 1.24. The zero-order valence-corrected chi connectivity index (χ0v) is 9.79. The third-order valence-electron chi connectivity index (χ3n) is 3.62. The smallest absolute Gasteiger partial charge is 0.106 e. The summed E-state index contributed by atoms with van der Waals surface area (Å²) in [5.41, 5.74) is -0.331. The predicted molar refractivity (Wildman–Crippen MR) is 59.5 cm³/mol. The van der Waals surface area contributed by atoms with Crippen molar-refractivity contribution in [2.45, 2.75) is 45.6 Å². The van der Waals surface area contributed by atoms with Gasteiger partial charge in [0.25, 0.3) is 0 Å².